The molecule has 0 bridgehead atoms. The minimum Gasteiger partial charge on any atom is -0.465 e. The number of halogens is 2. The maximum absolute atomic E-state index is 13.6. The van der Waals surface area contributed by atoms with Gasteiger partial charge in [-0.05, 0) is 12.1 Å². The van der Waals surface area contributed by atoms with Crippen molar-refractivity contribution in [2.24, 2.45) is 27.2 Å². The SMILES string of the molecule is COC(=O)c1ccc(F)c(F)c1N=C(N)N=C(N)N. The predicted octanol–water partition coefficient (Wildman–Crippen LogP) is -0.0290. The quantitative estimate of drug-likeness (QED) is 0.395. The van der Waals surface area contributed by atoms with Crippen molar-refractivity contribution in [1.82, 2.24) is 0 Å². The topological polar surface area (TPSA) is 129 Å². The summed E-state index contributed by atoms with van der Waals surface area (Å²) in [5, 5.41) is 0. The van der Waals surface area contributed by atoms with Gasteiger partial charge in [-0.1, -0.05) is 0 Å². The first-order chi connectivity index (χ1) is 8.86. The van der Waals surface area contributed by atoms with Crippen LogP contribution < -0.4 is 17.2 Å². The molecule has 0 fully saturated rings. The fourth-order valence-corrected chi connectivity index (χ4v) is 1.20. The molecule has 0 heterocycles. The molecule has 1 aromatic carbocycles. The average molecular weight is 271 g/mol. The van der Waals surface area contributed by atoms with Gasteiger partial charge in [0.25, 0.3) is 0 Å². The summed E-state index contributed by atoms with van der Waals surface area (Å²) in [4.78, 5) is 18.2. The Morgan fingerprint density at radius 2 is 1.89 bits per heavy atom. The van der Waals surface area contributed by atoms with Crippen LogP contribution in [0.4, 0.5) is 14.5 Å². The van der Waals surface area contributed by atoms with Crippen molar-refractivity contribution in [2.75, 3.05) is 7.11 Å². The second kappa shape index (κ2) is 5.76. The van der Waals surface area contributed by atoms with Crippen molar-refractivity contribution >= 4 is 23.6 Å². The van der Waals surface area contributed by atoms with Gasteiger partial charge in [0.2, 0.25) is 5.96 Å². The second-order valence-corrected chi connectivity index (χ2v) is 3.26. The van der Waals surface area contributed by atoms with Crippen molar-refractivity contribution in [3.63, 3.8) is 0 Å². The van der Waals surface area contributed by atoms with Crippen LogP contribution in [0.2, 0.25) is 0 Å². The van der Waals surface area contributed by atoms with Gasteiger partial charge in [-0.3, -0.25) is 0 Å². The summed E-state index contributed by atoms with van der Waals surface area (Å²) in [5.41, 5.74) is 14.4. The minimum absolute atomic E-state index is 0.310. The van der Waals surface area contributed by atoms with Crippen molar-refractivity contribution < 1.29 is 18.3 Å². The van der Waals surface area contributed by atoms with E-state index in [2.05, 4.69) is 14.7 Å². The highest BCUT2D eigenvalue weighted by atomic mass is 19.2. The molecule has 6 N–H and O–H groups in total. The van der Waals surface area contributed by atoms with Crippen LogP contribution in [0.1, 0.15) is 10.4 Å². The van der Waals surface area contributed by atoms with Gasteiger partial charge in [-0.15, -0.1) is 0 Å². The highest BCUT2D eigenvalue weighted by Gasteiger charge is 2.19. The van der Waals surface area contributed by atoms with Crippen LogP contribution in [0, 0.1) is 11.6 Å². The molecule has 19 heavy (non-hydrogen) atoms. The smallest absolute Gasteiger partial charge is 0.340 e. The number of nitrogens with zero attached hydrogens (tertiary/aromatic N) is 2. The molecule has 0 aromatic heterocycles. The Hall–Kier alpha value is -2.71. The van der Waals surface area contributed by atoms with Gasteiger partial charge < -0.3 is 21.9 Å². The number of methoxy groups -OCH3 is 1. The van der Waals surface area contributed by atoms with Gasteiger partial charge in [0.1, 0.15) is 5.69 Å². The molecular weight excluding hydrogens is 260 g/mol. The molecule has 0 atom stereocenters. The first kappa shape index (κ1) is 14.4. The van der Waals surface area contributed by atoms with Crippen molar-refractivity contribution in [3.8, 4) is 0 Å². The highest BCUT2D eigenvalue weighted by molar-refractivity contribution is 5.98. The maximum Gasteiger partial charge on any atom is 0.340 e. The molecule has 0 radical (unpaired) electrons. The molecule has 0 aliphatic carbocycles. The minimum atomic E-state index is -1.36. The lowest BCUT2D eigenvalue weighted by molar-refractivity contribution is 0.0601. The molecule has 9 heteroatoms. The number of guanidine groups is 2. The van der Waals surface area contributed by atoms with Gasteiger partial charge in [-0.2, -0.15) is 4.99 Å². The Kier molecular flexibility index (Phi) is 4.35. The summed E-state index contributed by atoms with van der Waals surface area (Å²) in [7, 11) is 1.08. The van der Waals surface area contributed by atoms with E-state index < -0.39 is 35.2 Å². The highest BCUT2D eigenvalue weighted by Crippen LogP contribution is 2.26. The van der Waals surface area contributed by atoms with Crippen molar-refractivity contribution in [1.29, 1.82) is 0 Å². The van der Waals surface area contributed by atoms with E-state index in [9.17, 15) is 13.6 Å². The summed E-state index contributed by atoms with van der Waals surface area (Å²) < 4.78 is 31.1. The predicted molar refractivity (Wildman–Crippen MR) is 64.8 cm³/mol. The van der Waals surface area contributed by atoms with Gasteiger partial charge in [0.05, 0.1) is 12.7 Å². The third kappa shape index (κ3) is 3.37. The molecule has 0 amide bonds. The van der Waals surface area contributed by atoms with Crippen LogP contribution >= 0.6 is 0 Å². The Balaban J connectivity index is 3.43. The molecule has 0 aliphatic rings. The lowest BCUT2D eigenvalue weighted by atomic mass is 10.1. The normalized spacial score (nSPS) is 11.0. The molecule has 0 spiro atoms. The van der Waals surface area contributed by atoms with E-state index in [0.717, 1.165) is 19.2 Å². The Morgan fingerprint density at radius 3 is 2.42 bits per heavy atom. The van der Waals surface area contributed by atoms with Crippen LogP contribution in [0.25, 0.3) is 0 Å². The Labute approximate surface area is 106 Å². The molecule has 0 aliphatic heterocycles. The van der Waals surface area contributed by atoms with Gasteiger partial charge in [0.15, 0.2) is 17.6 Å². The zero-order valence-corrected chi connectivity index (χ0v) is 9.85. The first-order valence-corrected chi connectivity index (χ1v) is 4.87. The summed E-state index contributed by atoms with van der Waals surface area (Å²) in [6, 6.07) is 1.77. The zero-order valence-electron chi connectivity index (χ0n) is 9.85. The summed E-state index contributed by atoms with van der Waals surface area (Å²) in [6.45, 7) is 0. The van der Waals surface area contributed by atoms with E-state index in [1.165, 1.54) is 0 Å². The average Bonchev–Trinajstić information content (AvgIpc) is 2.33. The lowest BCUT2D eigenvalue weighted by Crippen LogP contribution is -2.26. The maximum atomic E-state index is 13.6. The number of aliphatic imine (C=N–C) groups is 2. The zero-order chi connectivity index (χ0) is 14.6. The van der Waals surface area contributed by atoms with E-state index in [1.807, 2.05) is 0 Å². The Bertz CT molecular complexity index is 567. The van der Waals surface area contributed by atoms with Crippen molar-refractivity contribution in [2.45, 2.75) is 0 Å². The van der Waals surface area contributed by atoms with E-state index in [0.29, 0.717) is 0 Å². The summed E-state index contributed by atoms with van der Waals surface area (Å²) in [6.07, 6.45) is 0. The van der Waals surface area contributed by atoms with Crippen molar-refractivity contribution in [3.05, 3.63) is 29.3 Å². The van der Waals surface area contributed by atoms with Crippen LogP contribution in [-0.4, -0.2) is 25.0 Å². The monoisotopic (exact) mass is 271 g/mol. The first-order valence-electron chi connectivity index (χ1n) is 4.87. The van der Waals surface area contributed by atoms with Gasteiger partial charge in [-0.25, -0.2) is 18.6 Å². The number of carbonyl (C=O) groups excluding carboxylic acids is 1. The number of rotatable bonds is 2. The third-order valence-corrected chi connectivity index (χ3v) is 1.94. The number of esters is 1. The number of hydrogen-bond donors (Lipinski definition) is 3. The summed E-state index contributed by atoms with van der Waals surface area (Å²) in [5.74, 6) is -4.43. The molecule has 1 rings (SSSR count). The standard InChI is InChI=1S/C10H11F2N5O2/c1-19-8(18)4-2-3-5(11)6(12)7(4)16-10(15)17-9(13)14/h2-3H,1H3,(H6,13,14,15,16,17). The van der Waals surface area contributed by atoms with Gasteiger partial charge >= 0.3 is 5.97 Å². The molecule has 102 valence electrons. The Morgan fingerprint density at radius 1 is 1.26 bits per heavy atom. The fraction of sp³-hybridized carbons (Fsp3) is 0.100. The number of carbonyl (C=O) groups is 1. The largest absolute Gasteiger partial charge is 0.465 e. The second-order valence-electron chi connectivity index (χ2n) is 3.26. The summed E-state index contributed by atoms with van der Waals surface area (Å²) >= 11 is 0. The third-order valence-electron chi connectivity index (χ3n) is 1.94. The molecular formula is C10H11F2N5O2. The number of ether oxygens (including phenoxy) is 1. The lowest BCUT2D eigenvalue weighted by Gasteiger charge is -2.05. The fourth-order valence-electron chi connectivity index (χ4n) is 1.20. The van der Waals surface area contributed by atoms with Crippen LogP contribution in [0.15, 0.2) is 22.1 Å². The molecule has 7 nitrogen and oxygen atoms in total. The van der Waals surface area contributed by atoms with Crippen LogP contribution in [-0.2, 0) is 4.74 Å². The van der Waals surface area contributed by atoms with E-state index >= 15 is 0 Å². The molecule has 0 saturated heterocycles. The molecule has 0 unspecified atom stereocenters. The molecule has 1 aromatic rings. The van der Waals surface area contributed by atoms with E-state index in [-0.39, 0.29) is 5.56 Å². The van der Waals surface area contributed by atoms with E-state index in [4.69, 9.17) is 17.2 Å². The van der Waals surface area contributed by atoms with Gasteiger partial charge in [0, 0.05) is 0 Å². The number of benzene rings is 1. The molecule has 0 saturated carbocycles. The number of hydrogen-bond acceptors (Lipinski definition) is 3. The number of nitrogens with two attached hydrogens (primary N) is 3. The van der Waals surface area contributed by atoms with Crippen LogP contribution in [0.3, 0.4) is 0 Å². The van der Waals surface area contributed by atoms with Crippen LogP contribution in [0.5, 0.6) is 0 Å². The van der Waals surface area contributed by atoms with E-state index in [1.54, 1.807) is 0 Å².